The molecule has 0 spiro atoms. The third-order valence-electron chi connectivity index (χ3n) is 4.52. The van der Waals surface area contributed by atoms with Crippen LogP contribution in [-0.2, 0) is 14.8 Å². The van der Waals surface area contributed by atoms with E-state index in [0.29, 0.717) is 30.9 Å². The fourth-order valence-corrected chi connectivity index (χ4v) is 4.02. The Labute approximate surface area is 144 Å². The van der Waals surface area contributed by atoms with E-state index in [2.05, 4.69) is 0 Å². The molecule has 0 radical (unpaired) electrons. The molecule has 0 aromatic heterocycles. The Morgan fingerprint density at radius 2 is 1.88 bits per heavy atom. The second kappa shape index (κ2) is 6.46. The quantitative estimate of drug-likeness (QED) is 0.830. The minimum atomic E-state index is -3.61. The van der Waals surface area contributed by atoms with Crippen LogP contribution in [0.1, 0.15) is 35.3 Å². The zero-order valence-corrected chi connectivity index (χ0v) is 16.0. The molecule has 0 bridgehead atoms. The van der Waals surface area contributed by atoms with Crippen molar-refractivity contribution in [2.24, 2.45) is 0 Å². The molecular weight excluding hydrogens is 328 g/mol. The Balaban J connectivity index is 2.52. The number of hydrogen-bond donors (Lipinski definition) is 0. The van der Waals surface area contributed by atoms with Crippen molar-refractivity contribution in [3.63, 3.8) is 0 Å². The second-order valence-corrected chi connectivity index (χ2v) is 9.15. The normalized spacial score (nSPS) is 18.0. The van der Waals surface area contributed by atoms with Gasteiger partial charge in [0.2, 0.25) is 10.0 Å². The molecule has 24 heavy (non-hydrogen) atoms. The number of hydrogen-bond acceptors (Lipinski definition) is 4. The maximum atomic E-state index is 13.0. The molecule has 7 heteroatoms. The van der Waals surface area contributed by atoms with E-state index in [0.717, 1.165) is 5.56 Å². The van der Waals surface area contributed by atoms with Gasteiger partial charge < -0.3 is 9.64 Å². The summed E-state index contributed by atoms with van der Waals surface area (Å²) < 4.78 is 31.8. The first-order chi connectivity index (χ1) is 11.0. The summed E-state index contributed by atoms with van der Waals surface area (Å²) in [6, 6.07) is 3.25. The molecular formula is C17H26N2O4S. The van der Waals surface area contributed by atoms with Gasteiger partial charge in [0.25, 0.3) is 5.91 Å². The van der Waals surface area contributed by atoms with Gasteiger partial charge in [-0.15, -0.1) is 0 Å². The van der Waals surface area contributed by atoms with Crippen molar-refractivity contribution in [1.29, 1.82) is 0 Å². The van der Waals surface area contributed by atoms with Gasteiger partial charge in [0.05, 0.1) is 23.6 Å². The standard InChI is InChI=1S/C17H26N2O4S/c1-12-9-14(10-15(13(12)2)24(21,22)18(5)6)16(20)19-7-8-23-11-17(19,3)4/h9-10H,7-8,11H2,1-6H3. The first-order valence-corrected chi connectivity index (χ1v) is 9.36. The summed E-state index contributed by atoms with van der Waals surface area (Å²) in [5.74, 6) is -0.165. The average molecular weight is 354 g/mol. The van der Waals surface area contributed by atoms with Gasteiger partial charge in [-0.2, -0.15) is 0 Å². The molecule has 134 valence electrons. The Morgan fingerprint density at radius 3 is 2.42 bits per heavy atom. The molecule has 0 atom stereocenters. The highest BCUT2D eigenvalue weighted by atomic mass is 32.2. The Hall–Kier alpha value is -1.44. The number of nitrogens with zero attached hydrogens (tertiary/aromatic N) is 2. The molecule has 0 aliphatic carbocycles. The van der Waals surface area contributed by atoms with Crippen LogP contribution >= 0.6 is 0 Å². The number of carbonyl (C=O) groups excluding carboxylic acids is 1. The topological polar surface area (TPSA) is 66.9 Å². The van der Waals surface area contributed by atoms with Crippen molar-refractivity contribution >= 4 is 15.9 Å². The van der Waals surface area contributed by atoms with Crippen molar-refractivity contribution in [3.8, 4) is 0 Å². The fourth-order valence-electron chi connectivity index (χ4n) is 2.81. The summed E-state index contributed by atoms with van der Waals surface area (Å²) in [5, 5.41) is 0. The van der Waals surface area contributed by atoms with Crippen LogP contribution in [0, 0.1) is 13.8 Å². The van der Waals surface area contributed by atoms with Gasteiger partial charge in [0, 0.05) is 26.2 Å². The van der Waals surface area contributed by atoms with Gasteiger partial charge in [-0.25, -0.2) is 12.7 Å². The summed E-state index contributed by atoms with van der Waals surface area (Å²) in [4.78, 5) is 14.9. The Kier molecular flexibility index (Phi) is 5.09. The predicted octanol–water partition coefficient (Wildman–Crippen LogP) is 1.80. The highest BCUT2D eigenvalue weighted by molar-refractivity contribution is 7.89. The lowest BCUT2D eigenvalue weighted by Gasteiger charge is -2.42. The van der Waals surface area contributed by atoms with Crippen LogP contribution in [0.25, 0.3) is 0 Å². The van der Waals surface area contributed by atoms with Crippen LogP contribution in [0.3, 0.4) is 0 Å². The van der Waals surface area contributed by atoms with Crippen LogP contribution in [-0.4, -0.2) is 62.9 Å². The zero-order valence-electron chi connectivity index (χ0n) is 15.2. The monoisotopic (exact) mass is 354 g/mol. The zero-order chi connectivity index (χ0) is 18.3. The minimum Gasteiger partial charge on any atom is -0.377 e. The number of carbonyl (C=O) groups is 1. The smallest absolute Gasteiger partial charge is 0.254 e. The molecule has 1 heterocycles. The summed E-state index contributed by atoms with van der Waals surface area (Å²) in [6.07, 6.45) is 0. The van der Waals surface area contributed by atoms with Crippen LogP contribution in [0.5, 0.6) is 0 Å². The van der Waals surface area contributed by atoms with Crippen molar-refractivity contribution in [2.45, 2.75) is 38.1 Å². The van der Waals surface area contributed by atoms with Gasteiger partial charge in [-0.3, -0.25) is 4.79 Å². The van der Waals surface area contributed by atoms with Crippen molar-refractivity contribution < 1.29 is 17.9 Å². The first kappa shape index (κ1) is 18.9. The second-order valence-electron chi connectivity index (χ2n) is 7.03. The molecule has 1 aromatic rings. The summed E-state index contributed by atoms with van der Waals surface area (Å²) in [7, 11) is -0.628. The summed E-state index contributed by atoms with van der Waals surface area (Å²) in [6.45, 7) is 8.93. The molecule has 1 saturated heterocycles. The average Bonchev–Trinajstić information content (AvgIpc) is 2.48. The van der Waals surface area contributed by atoms with Crippen molar-refractivity contribution in [2.75, 3.05) is 33.9 Å². The van der Waals surface area contributed by atoms with E-state index in [-0.39, 0.29) is 10.8 Å². The maximum Gasteiger partial charge on any atom is 0.254 e. The lowest BCUT2D eigenvalue weighted by atomic mass is 9.99. The largest absolute Gasteiger partial charge is 0.377 e. The van der Waals surface area contributed by atoms with Crippen molar-refractivity contribution in [1.82, 2.24) is 9.21 Å². The van der Waals surface area contributed by atoms with E-state index in [1.54, 1.807) is 17.9 Å². The van der Waals surface area contributed by atoms with Crippen LogP contribution in [0.4, 0.5) is 0 Å². The predicted molar refractivity (Wildman–Crippen MR) is 92.7 cm³/mol. The lowest BCUT2D eigenvalue weighted by Crippen LogP contribution is -2.55. The van der Waals surface area contributed by atoms with E-state index in [4.69, 9.17) is 4.74 Å². The summed E-state index contributed by atoms with van der Waals surface area (Å²) >= 11 is 0. The Morgan fingerprint density at radius 1 is 1.25 bits per heavy atom. The van der Waals surface area contributed by atoms with Crippen molar-refractivity contribution in [3.05, 3.63) is 28.8 Å². The molecule has 1 aliphatic rings. The number of aryl methyl sites for hydroxylation is 1. The molecule has 0 saturated carbocycles. The van der Waals surface area contributed by atoms with E-state index in [1.807, 2.05) is 20.8 Å². The Bertz CT molecular complexity index is 754. The minimum absolute atomic E-state index is 0.165. The number of sulfonamides is 1. The van der Waals surface area contributed by atoms with Gasteiger partial charge in [0.15, 0.2) is 0 Å². The molecule has 2 rings (SSSR count). The van der Waals surface area contributed by atoms with Crippen LogP contribution < -0.4 is 0 Å². The lowest BCUT2D eigenvalue weighted by molar-refractivity contribution is -0.0370. The molecule has 1 fully saturated rings. The first-order valence-electron chi connectivity index (χ1n) is 7.92. The van der Waals surface area contributed by atoms with Gasteiger partial charge in [-0.1, -0.05) is 0 Å². The van der Waals surface area contributed by atoms with Crippen LogP contribution in [0.15, 0.2) is 17.0 Å². The maximum absolute atomic E-state index is 13.0. The molecule has 1 amide bonds. The van der Waals surface area contributed by atoms with E-state index in [9.17, 15) is 13.2 Å². The highest BCUT2D eigenvalue weighted by Gasteiger charge is 2.35. The third kappa shape index (κ3) is 3.34. The fraction of sp³-hybridized carbons (Fsp3) is 0.588. The number of ether oxygens (including phenoxy) is 1. The highest BCUT2D eigenvalue weighted by Crippen LogP contribution is 2.27. The molecule has 0 N–H and O–H groups in total. The summed E-state index contributed by atoms with van der Waals surface area (Å²) in [5.41, 5.74) is 1.43. The SMILES string of the molecule is Cc1cc(C(=O)N2CCOCC2(C)C)cc(S(=O)(=O)N(C)C)c1C. The molecule has 6 nitrogen and oxygen atoms in total. The molecule has 1 aromatic carbocycles. The van der Waals surface area contributed by atoms with Gasteiger partial charge in [0.1, 0.15) is 0 Å². The van der Waals surface area contributed by atoms with Gasteiger partial charge in [-0.05, 0) is 51.0 Å². The number of morpholine rings is 1. The van der Waals surface area contributed by atoms with Crippen LogP contribution in [0.2, 0.25) is 0 Å². The third-order valence-corrected chi connectivity index (χ3v) is 6.46. The van der Waals surface area contributed by atoms with E-state index < -0.39 is 15.6 Å². The van der Waals surface area contributed by atoms with E-state index in [1.165, 1.54) is 24.5 Å². The number of benzene rings is 1. The van der Waals surface area contributed by atoms with E-state index >= 15 is 0 Å². The molecule has 1 aliphatic heterocycles. The molecule has 0 unspecified atom stereocenters. The number of amides is 1. The van der Waals surface area contributed by atoms with Gasteiger partial charge >= 0.3 is 0 Å². The number of rotatable bonds is 3.